The number of carbonyl (C=O) groups is 2. The van der Waals surface area contributed by atoms with Crippen LogP contribution in [-0.4, -0.2) is 41.8 Å². The lowest BCUT2D eigenvalue weighted by Crippen LogP contribution is -2.42. The van der Waals surface area contributed by atoms with E-state index in [1.165, 1.54) is 0 Å². The molecule has 1 aromatic heterocycles. The van der Waals surface area contributed by atoms with E-state index < -0.39 is 11.4 Å². The van der Waals surface area contributed by atoms with E-state index in [9.17, 15) is 14.7 Å². The van der Waals surface area contributed by atoms with Crippen LogP contribution in [0, 0.1) is 0 Å². The molecule has 0 radical (unpaired) electrons. The van der Waals surface area contributed by atoms with Crippen LogP contribution in [0.25, 0.3) is 0 Å². The van der Waals surface area contributed by atoms with Crippen molar-refractivity contribution in [2.75, 3.05) is 24.7 Å². The first-order chi connectivity index (χ1) is 16.5. The molecule has 0 saturated carbocycles. The van der Waals surface area contributed by atoms with Crippen LogP contribution in [0.3, 0.4) is 0 Å². The van der Waals surface area contributed by atoms with Gasteiger partial charge in [0, 0.05) is 23.5 Å². The number of aromatic carboxylic acids is 1. The maximum atomic E-state index is 14.2. The zero-order chi connectivity index (χ0) is 23.4. The third-order valence-electron chi connectivity index (χ3n) is 6.83. The Hall–Kier alpha value is -4.07. The summed E-state index contributed by atoms with van der Waals surface area (Å²) in [6.07, 6.45) is 2.15. The van der Waals surface area contributed by atoms with Gasteiger partial charge in [-0.05, 0) is 35.7 Å². The van der Waals surface area contributed by atoms with Gasteiger partial charge in [-0.1, -0.05) is 25.1 Å². The molecule has 0 aliphatic carbocycles. The monoisotopic (exact) mass is 458 g/mol. The molecule has 4 heterocycles. The molecule has 1 spiro atoms. The lowest BCUT2D eigenvalue weighted by atomic mass is 9.77. The van der Waals surface area contributed by atoms with Gasteiger partial charge in [0.15, 0.2) is 11.5 Å². The largest absolute Gasteiger partial charge is 0.491 e. The van der Waals surface area contributed by atoms with Crippen LogP contribution in [0.5, 0.6) is 17.2 Å². The van der Waals surface area contributed by atoms with E-state index >= 15 is 0 Å². The van der Waals surface area contributed by atoms with Crippen LogP contribution in [0.2, 0.25) is 0 Å². The summed E-state index contributed by atoms with van der Waals surface area (Å²) >= 11 is 0. The molecule has 8 nitrogen and oxygen atoms in total. The highest BCUT2D eigenvalue weighted by molar-refractivity contribution is 6.11. The molecule has 1 amide bonds. The van der Waals surface area contributed by atoms with Gasteiger partial charge in [-0.3, -0.25) is 9.78 Å². The van der Waals surface area contributed by atoms with E-state index in [4.69, 9.17) is 14.2 Å². The number of para-hydroxylation sites is 1. The first-order valence-electron chi connectivity index (χ1n) is 11.2. The lowest BCUT2D eigenvalue weighted by molar-refractivity contribution is -0.122. The first kappa shape index (κ1) is 20.5. The number of ether oxygens (including phenoxy) is 3. The third kappa shape index (κ3) is 2.74. The minimum atomic E-state index is -1.05. The minimum absolute atomic E-state index is 0.0486. The molecule has 6 rings (SSSR count). The highest BCUT2D eigenvalue weighted by Crippen LogP contribution is 2.55. The lowest BCUT2D eigenvalue weighted by Gasteiger charge is -2.25. The predicted molar refractivity (Wildman–Crippen MR) is 122 cm³/mol. The zero-order valence-electron chi connectivity index (χ0n) is 18.5. The van der Waals surface area contributed by atoms with Gasteiger partial charge in [0.1, 0.15) is 31.0 Å². The Labute approximate surface area is 195 Å². The van der Waals surface area contributed by atoms with Crippen LogP contribution < -0.4 is 19.1 Å². The van der Waals surface area contributed by atoms with Crippen molar-refractivity contribution in [1.29, 1.82) is 0 Å². The van der Waals surface area contributed by atoms with Crippen LogP contribution >= 0.6 is 0 Å². The topological polar surface area (TPSA) is 98.2 Å². The summed E-state index contributed by atoms with van der Waals surface area (Å²) in [4.78, 5) is 32.2. The van der Waals surface area contributed by atoms with Crippen LogP contribution in [0.4, 0.5) is 5.69 Å². The molecular weight excluding hydrogens is 436 g/mol. The maximum Gasteiger partial charge on any atom is 0.337 e. The number of anilines is 1. The summed E-state index contributed by atoms with van der Waals surface area (Å²) in [5.74, 6) is 0.553. The number of carboxylic acids is 1. The fourth-order valence-corrected chi connectivity index (χ4v) is 5.24. The third-order valence-corrected chi connectivity index (χ3v) is 6.83. The number of pyridine rings is 1. The van der Waals surface area contributed by atoms with Crippen LogP contribution in [-0.2, 0) is 23.2 Å². The van der Waals surface area contributed by atoms with Crippen LogP contribution in [0.15, 0.2) is 48.7 Å². The molecule has 1 unspecified atom stereocenters. The minimum Gasteiger partial charge on any atom is -0.491 e. The molecule has 0 bridgehead atoms. The van der Waals surface area contributed by atoms with E-state index in [1.54, 1.807) is 23.2 Å². The summed E-state index contributed by atoms with van der Waals surface area (Å²) in [5.41, 5.74) is 2.41. The first-order valence-corrected chi connectivity index (χ1v) is 11.2. The van der Waals surface area contributed by atoms with Gasteiger partial charge >= 0.3 is 5.97 Å². The van der Waals surface area contributed by atoms with E-state index in [2.05, 4.69) is 4.98 Å². The average Bonchev–Trinajstić information content (AvgIpc) is 3.34. The van der Waals surface area contributed by atoms with Gasteiger partial charge in [-0.15, -0.1) is 0 Å². The fraction of sp³-hybridized carbons (Fsp3) is 0.269. The number of rotatable bonds is 4. The number of hydrogen-bond acceptors (Lipinski definition) is 6. The quantitative estimate of drug-likeness (QED) is 0.640. The summed E-state index contributed by atoms with van der Waals surface area (Å²) in [6.45, 7) is 2.99. The molecule has 3 aliphatic rings. The zero-order valence-corrected chi connectivity index (χ0v) is 18.5. The number of hydrogen-bond donors (Lipinski definition) is 1. The molecule has 1 N–H and O–H groups in total. The predicted octanol–water partition coefficient (Wildman–Crippen LogP) is 3.34. The second kappa shape index (κ2) is 7.48. The van der Waals surface area contributed by atoms with Gasteiger partial charge in [0.05, 0.1) is 17.8 Å². The van der Waals surface area contributed by atoms with E-state index in [1.807, 2.05) is 37.3 Å². The van der Waals surface area contributed by atoms with Crippen molar-refractivity contribution in [2.45, 2.75) is 25.3 Å². The summed E-state index contributed by atoms with van der Waals surface area (Å²) in [6, 6.07) is 12.9. The molecule has 172 valence electrons. The van der Waals surface area contributed by atoms with E-state index in [0.717, 1.165) is 16.8 Å². The maximum absolute atomic E-state index is 14.2. The Balaban J connectivity index is 1.48. The van der Waals surface area contributed by atoms with E-state index in [-0.39, 0.29) is 24.6 Å². The van der Waals surface area contributed by atoms with Gasteiger partial charge in [0.2, 0.25) is 5.91 Å². The van der Waals surface area contributed by atoms with E-state index in [0.29, 0.717) is 48.1 Å². The van der Waals surface area contributed by atoms with Crippen molar-refractivity contribution in [3.63, 3.8) is 0 Å². The van der Waals surface area contributed by atoms with Crippen molar-refractivity contribution in [3.8, 4) is 17.2 Å². The molecule has 3 aromatic rings. The van der Waals surface area contributed by atoms with Gasteiger partial charge in [-0.2, -0.15) is 0 Å². The standard InChI is InChI=1S/C26H22N2O6/c1-2-15-7-8-27-18(23(15)24(29)30)13-28-19-6-4-3-5-16(19)26(25(28)31)14-34-20-12-22-21(11-17(20)26)32-9-10-33-22/h3-8,11-12H,2,9-10,13-14H2,1H3,(H,29,30). The molecule has 3 aliphatic heterocycles. The summed E-state index contributed by atoms with van der Waals surface area (Å²) in [7, 11) is 0. The van der Waals surface area contributed by atoms with Crippen LogP contribution in [0.1, 0.15) is 39.7 Å². The second-order valence-electron chi connectivity index (χ2n) is 8.54. The second-order valence-corrected chi connectivity index (χ2v) is 8.54. The highest BCUT2D eigenvalue weighted by Gasteiger charge is 2.57. The molecule has 0 fully saturated rings. The molecule has 0 saturated heterocycles. The van der Waals surface area contributed by atoms with Crippen molar-refractivity contribution < 1.29 is 28.9 Å². The smallest absolute Gasteiger partial charge is 0.337 e. The Kier molecular flexibility index (Phi) is 4.52. The number of carboxylic acid groups (broad SMARTS) is 1. The molecule has 34 heavy (non-hydrogen) atoms. The number of aryl methyl sites for hydroxylation is 1. The Morgan fingerprint density at radius 1 is 1.06 bits per heavy atom. The molecule has 2 aromatic carbocycles. The van der Waals surface area contributed by atoms with Crippen molar-refractivity contribution in [3.05, 3.63) is 76.6 Å². The van der Waals surface area contributed by atoms with Crippen molar-refractivity contribution >= 4 is 17.6 Å². The van der Waals surface area contributed by atoms with Gasteiger partial charge in [0.25, 0.3) is 0 Å². The summed E-state index contributed by atoms with van der Waals surface area (Å²) < 4.78 is 17.5. The normalized spacial score (nSPS) is 19.7. The molecule has 1 atom stereocenters. The number of fused-ring (bicyclic) bond motifs is 5. The Bertz CT molecular complexity index is 1350. The Morgan fingerprint density at radius 2 is 1.82 bits per heavy atom. The highest BCUT2D eigenvalue weighted by atomic mass is 16.6. The number of nitrogens with zero attached hydrogens (tertiary/aromatic N) is 2. The van der Waals surface area contributed by atoms with Gasteiger partial charge in [-0.25, -0.2) is 4.79 Å². The Morgan fingerprint density at radius 3 is 2.59 bits per heavy atom. The van der Waals surface area contributed by atoms with Crippen molar-refractivity contribution in [1.82, 2.24) is 4.98 Å². The molecule has 8 heteroatoms. The number of aromatic nitrogens is 1. The fourth-order valence-electron chi connectivity index (χ4n) is 5.24. The van der Waals surface area contributed by atoms with Crippen molar-refractivity contribution in [2.24, 2.45) is 0 Å². The van der Waals surface area contributed by atoms with Gasteiger partial charge < -0.3 is 24.2 Å². The molecular formula is C26H22N2O6. The SMILES string of the molecule is CCc1ccnc(CN2C(=O)C3(COc4cc5c(cc43)OCCO5)c3ccccc32)c1C(=O)O. The average molecular weight is 458 g/mol. The number of amides is 1. The summed E-state index contributed by atoms with van der Waals surface area (Å²) in [5, 5.41) is 9.87. The number of benzene rings is 2. The number of carbonyl (C=O) groups excluding carboxylic acids is 1.